The van der Waals surface area contributed by atoms with E-state index >= 15 is 0 Å². The van der Waals surface area contributed by atoms with E-state index < -0.39 is 0 Å². The molecule has 0 aromatic heterocycles. The Bertz CT molecular complexity index is 476. The van der Waals surface area contributed by atoms with Crippen molar-refractivity contribution in [3.63, 3.8) is 0 Å². The van der Waals surface area contributed by atoms with Crippen LogP contribution in [0.1, 0.15) is 37.7 Å². The Morgan fingerprint density at radius 3 is 2.52 bits per heavy atom. The molecule has 3 atom stereocenters. The van der Waals surface area contributed by atoms with Gasteiger partial charge in [-0.15, -0.1) is 11.8 Å². The monoisotopic (exact) mass is 304 g/mol. The molecule has 1 unspecified atom stereocenters. The van der Waals surface area contributed by atoms with E-state index in [1.807, 2.05) is 0 Å². The number of rotatable bonds is 5. The van der Waals surface area contributed by atoms with Crippen LogP contribution < -0.4 is 10.6 Å². The Labute approximate surface area is 131 Å². The quantitative estimate of drug-likeness (QED) is 0.822. The number of thioether (sulfide) groups is 1. The molecule has 2 heterocycles. The standard InChI is InChI=1S/C17H24N2OS/c1-21-16-6-2-12(3-7-16)11-18-17(20)10-13-8-14-4-5-15(9-13)19-14/h2-3,6-7,13-15,19H,4-5,8-11H2,1H3,(H,18,20)/t13?,14-,15+. The molecular weight excluding hydrogens is 280 g/mol. The Morgan fingerprint density at radius 1 is 1.24 bits per heavy atom. The van der Waals surface area contributed by atoms with Crippen LogP contribution in [0.5, 0.6) is 0 Å². The second-order valence-corrected chi connectivity index (χ2v) is 7.18. The Kier molecular flexibility index (Phi) is 4.86. The minimum Gasteiger partial charge on any atom is -0.352 e. The van der Waals surface area contributed by atoms with E-state index in [0.717, 1.165) is 0 Å². The lowest BCUT2D eigenvalue weighted by Crippen LogP contribution is -2.39. The van der Waals surface area contributed by atoms with Gasteiger partial charge in [-0.3, -0.25) is 4.79 Å². The lowest BCUT2D eigenvalue weighted by atomic mass is 9.89. The average Bonchev–Trinajstić information content (AvgIpc) is 2.84. The molecule has 0 spiro atoms. The highest BCUT2D eigenvalue weighted by molar-refractivity contribution is 7.98. The summed E-state index contributed by atoms with van der Waals surface area (Å²) >= 11 is 1.74. The van der Waals surface area contributed by atoms with Gasteiger partial charge in [-0.25, -0.2) is 0 Å². The highest BCUT2D eigenvalue weighted by Crippen LogP contribution is 2.32. The van der Waals surface area contributed by atoms with Gasteiger partial charge in [0.1, 0.15) is 0 Å². The number of piperidine rings is 1. The summed E-state index contributed by atoms with van der Waals surface area (Å²) in [5, 5.41) is 6.70. The summed E-state index contributed by atoms with van der Waals surface area (Å²) < 4.78 is 0. The Balaban J connectivity index is 1.43. The molecule has 4 heteroatoms. The van der Waals surface area contributed by atoms with Crippen LogP contribution >= 0.6 is 11.8 Å². The Morgan fingerprint density at radius 2 is 1.90 bits per heavy atom. The van der Waals surface area contributed by atoms with Gasteiger partial charge in [0.2, 0.25) is 5.91 Å². The van der Waals surface area contributed by atoms with Crippen LogP contribution in [0.2, 0.25) is 0 Å². The summed E-state index contributed by atoms with van der Waals surface area (Å²) in [6.45, 7) is 0.644. The van der Waals surface area contributed by atoms with Crippen molar-refractivity contribution >= 4 is 17.7 Å². The predicted molar refractivity (Wildman–Crippen MR) is 87.4 cm³/mol. The number of fused-ring (bicyclic) bond motifs is 2. The van der Waals surface area contributed by atoms with Gasteiger partial charge in [-0.05, 0) is 55.6 Å². The maximum absolute atomic E-state index is 12.1. The van der Waals surface area contributed by atoms with E-state index in [0.29, 0.717) is 31.0 Å². The molecule has 2 saturated heterocycles. The zero-order valence-electron chi connectivity index (χ0n) is 12.6. The summed E-state index contributed by atoms with van der Waals surface area (Å²) in [5.41, 5.74) is 1.17. The number of hydrogen-bond acceptors (Lipinski definition) is 3. The molecule has 1 aromatic rings. The van der Waals surface area contributed by atoms with E-state index in [4.69, 9.17) is 0 Å². The topological polar surface area (TPSA) is 41.1 Å². The fourth-order valence-corrected chi connectivity index (χ4v) is 4.03. The van der Waals surface area contributed by atoms with E-state index in [-0.39, 0.29) is 5.91 Å². The van der Waals surface area contributed by atoms with Crippen molar-refractivity contribution in [3.05, 3.63) is 29.8 Å². The van der Waals surface area contributed by atoms with Gasteiger partial charge in [-0.2, -0.15) is 0 Å². The molecule has 1 amide bonds. The number of amides is 1. The highest BCUT2D eigenvalue weighted by Gasteiger charge is 2.34. The molecule has 1 aromatic carbocycles. The second-order valence-electron chi connectivity index (χ2n) is 6.30. The van der Waals surface area contributed by atoms with Crippen molar-refractivity contribution in [2.75, 3.05) is 6.26 Å². The third-order valence-electron chi connectivity index (χ3n) is 4.69. The van der Waals surface area contributed by atoms with E-state index in [1.165, 1.54) is 36.1 Å². The molecule has 2 N–H and O–H groups in total. The second kappa shape index (κ2) is 6.84. The number of carbonyl (C=O) groups excluding carboxylic acids is 1. The summed E-state index contributed by atoms with van der Waals surface area (Å²) in [6.07, 6.45) is 7.70. The first-order chi connectivity index (χ1) is 10.2. The van der Waals surface area contributed by atoms with E-state index in [9.17, 15) is 4.79 Å². The molecule has 0 radical (unpaired) electrons. The van der Waals surface area contributed by atoms with Crippen LogP contribution in [-0.2, 0) is 11.3 Å². The Hall–Kier alpha value is -1.00. The first-order valence-electron chi connectivity index (χ1n) is 7.88. The van der Waals surface area contributed by atoms with E-state index in [1.54, 1.807) is 11.8 Å². The maximum atomic E-state index is 12.1. The van der Waals surface area contributed by atoms with Crippen LogP contribution in [0.3, 0.4) is 0 Å². The van der Waals surface area contributed by atoms with Crippen LogP contribution in [0.25, 0.3) is 0 Å². The zero-order chi connectivity index (χ0) is 14.7. The number of nitrogens with one attached hydrogen (secondary N) is 2. The van der Waals surface area contributed by atoms with Gasteiger partial charge in [0.15, 0.2) is 0 Å². The van der Waals surface area contributed by atoms with Crippen LogP contribution in [0.4, 0.5) is 0 Å². The molecule has 3 rings (SSSR count). The highest BCUT2D eigenvalue weighted by atomic mass is 32.2. The summed E-state index contributed by atoms with van der Waals surface area (Å²) in [4.78, 5) is 13.4. The summed E-state index contributed by atoms with van der Waals surface area (Å²) in [6, 6.07) is 9.74. The third-order valence-corrected chi connectivity index (χ3v) is 5.44. The van der Waals surface area contributed by atoms with Crippen molar-refractivity contribution < 1.29 is 4.79 Å². The predicted octanol–water partition coefficient (Wildman–Crippen LogP) is 2.95. The number of hydrogen-bond donors (Lipinski definition) is 2. The van der Waals surface area contributed by atoms with Crippen molar-refractivity contribution in [2.24, 2.45) is 5.92 Å². The average molecular weight is 304 g/mol. The molecule has 114 valence electrons. The van der Waals surface area contributed by atoms with Crippen molar-refractivity contribution in [1.29, 1.82) is 0 Å². The maximum Gasteiger partial charge on any atom is 0.220 e. The fraction of sp³-hybridized carbons (Fsp3) is 0.588. The SMILES string of the molecule is CSc1ccc(CNC(=O)CC2C[C@H]3CC[C@@H](C2)N3)cc1. The molecule has 2 fully saturated rings. The van der Waals surface area contributed by atoms with Gasteiger partial charge in [0, 0.05) is 29.9 Å². The van der Waals surface area contributed by atoms with E-state index in [2.05, 4.69) is 41.2 Å². The lowest BCUT2D eigenvalue weighted by Gasteiger charge is -2.28. The lowest BCUT2D eigenvalue weighted by molar-refractivity contribution is -0.122. The van der Waals surface area contributed by atoms with Gasteiger partial charge in [-0.1, -0.05) is 12.1 Å². The van der Waals surface area contributed by atoms with Crippen LogP contribution in [-0.4, -0.2) is 24.2 Å². The molecule has 0 aliphatic carbocycles. The molecule has 2 bridgehead atoms. The van der Waals surface area contributed by atoms with Crippen molar-refractivity contribution in [2.45, 2.75) is 55.6 Å². The first-order valence-corrected chi connectivity index (χ1v) is 9.11. The smallest absolute Gasteiger partial charge is 0.220 e. The summed E-state index contributed by atoms with van der Waals surface area (Å²) in [5.74, 6) is 0.776. The largest absolute Gasteiger partial charge is 0.352 e. The molecule has 21 heavy (non-hydrogen) atoms. The molecular formula is C17H24N2OS. The third kappa shape index (κ3) is 4.01. The molecule has 0 saturated carbocycles. The zero-order valence-corrected chi connectivity index (χ0v) is 13.4. The fourth-order valence-electron chi connectivity index (χ4n) is 3.62. The van der Waals surface area contributed by atoms with Crippen LogP contribution in [0, 0.1) is 5.92 Å². The van der Waals surface area contributed by atoms with Gasteiger partial charge in [0.05, 0.1) is 0 Å². The minimum absolute atomic E-state index is 0.204. The van der Waals surface area contributed by atoms with Gasteiger partial charge >= 0.3 is 0 Å². The molecule has 2 aliphatic rings. The number of carbonyl (C=O) groups is 1. The van der Waals surface area contributed by atoms with Crippen LogP contribution in [0.15, 0.2) is 29.2 Å². The molecule has 2 aliphatic heterocycles. The molecule has 3 nitrogen and oxygen atoms in total. The first kappa shape index (κ1) is 14.9. The van der Waals surface area contributed by atoms with Crippen molar-refractivity contribution in [1.82, 2.24) is 10.6 Å². The normalized spacial score (nSPS) is 27.6. The van der Waals surface area contributed by atoms with Crippen molar-refractivity contribution in [3.8, 4) is 0 Å². The van der Waals surface area contributed by atoms with Gasteiger partial charge in [0.25, 0.3) is 0 Å². The summed E-state index contributed by atoms with van der Waals surface area (Å²) in [7, 11) is 0. The minimum atomic E-state index is 0.204. The number of benzene rings is 1. The van der Waals surface area contributed by atoms with Gasteiger partial charge < -0.3 is 10.6 Å².